The maximum atomic E-state index is 13.4. The van der Waals surface area contributed by atoms with Crippen LogP contribution in [-0.2, 0) is 18.4 Å². The Morgan fingerprint density at radius 3 is 2.39 bits per heavy atom. The van der Waals surface area contributed by atoms with Crippen LogP contribution in [0.15, 0.2) is 97.2 Å². The number of hydrogen-bond donors (Lipinski definition) is 1. The Balaban J connectivity index is 1.36. The van der Waals surface area contributed by atoms with Gasteiger partial charge in [0.1, 0.15) is 5.54 Å². The number of benzene rings is 3. The van der Waals surface area contributed by atoms with Crippen molar-refractivity contribution in [2.75, 3.05) is 16.8 Å². The number of hydrogen-bond acceptors (Lipinski definition) is 3. The van der Waals surface area contributed by atoms with E-state index in [2.05, 4.69) is 59.9 Å². The van der Waals surface area contributed by atoms with E-state index in [-0.39, 0.29) is 5.91 Å². The van der Waals surface area contributed by atoms with Gasteiger partial charge < -0.3 is 10.2 Å². The van der Waals surface area contributed by atoms with E-state index in [4.69, 9.17) is 4.98 Å². The molecule has 4 heteroatoms. The van der Waals surface area contributed by atoms with Crippen molar-refractivity contribution in [2.24, 2.45) is 0 Å². The Morgan fingerprint density at radius 1 is 0.848 bits per heavy atom. The van der Waals surface area contributed by atoms with Crippen molar-refractivity contribution in [1.82, 2.24) is 4.98 Å². The van der Waals surface area contributed by atoms with Gasteiger partial charge in [-0.25, -0.2) is 0 Å². The molecule has 1 unspecified atom stereocenters. The van der Waals surface area contributed by atoms with Gasteiger partial charge in [0.2, 0.25) is 0 Å². The monoisotopic (exact) mass is 431 g/mol. The molecule has 1 amide bonds. The van der Waals surface area contributed by atoms with Gasteiger partial charge in [0.15, 0.2) is 0 Å². The lowest BCUT2D eigenvalue weighted by atomic mass is 9.83. The molecule has 33 heavy (non-hydrogen) atoms. The molecule has 0 saturated carbocycles. The van der Waals surface area contributed by atoms with Crippen LogP contribution in [0.2, 0.25) is 0 Å². The Morgan fingerprint density at radius 2 is 1.61 bits per heavy atom. The van der Waals surface area contributed by atoms with Crippen molar-refractivity contribution in [1.29, 1.82) is 0 Å². The Hall–Kier alpha value is -3.92. The van der Waals surface area contributed by atoms with Crippen molar-refractivity contribution in [3.63, 3.8) is 0 Å². The van der Waals surface area contributed by atoms with Crippen LogP contribution < -0.4 is 10.2 Å². The minimum atomic E-state index is -0.454. The van der Waals surface area contributed by atoms with E-state index < -0.39 is 5.54 Å². The second-order valence-electron chi connectivity index (χ2n) is 8.85. The molecule has 162 valence electrons. The molecule has 3 heterocycles. The van der Waals surface area contributed by atoms with Crippen LogP contribution in [0, 0.1) is 0 Å². The molecule has 1 aromatic heterocycles. The van der Waals surface area contributed by atoms with Crippen LogP contribution in [0.1, 0.15) is 39.2 Å². The average molecular weight is 432 g/mol. The topological polar surface area (TPSA) is 45.2 Å². The van der Waals surface area contributed by atoms with Crippen LogP contribution in [0.25, 0.3) is 0 Å². The Labute approximate surface area is 193 Å². The minimum Gasteiger partial charge on any atom is -0.370 e. The van der Waals surface area contributed by atoms with E-state index in [1.165, 1.54) is 11.1 Å². The van der Waals surface area contributed by atoms with Crippen LogP contribution >= 0.6 is 0 Å². The number of carbonyl (C=O) groups is 1. The van der Waals surface area contributed by atoms with Gasteiger partial charge in [0, 0.05) is 36.1 Å². The Bertz CT molecular complexity index is 1290. The molecule has 0 saturated heterocycles. The van der Waals surface area contributed by atoms with Gasteiger partial charge in [-0.05, 0) is 65.9 Å². The summed E-state index contributed by atoms with van der Waals surface area (Å²) in [5.74, 6) is 0.0586. The highest BCUT2D eigenvalue weighted by Gasteiger charge is 2.41. The van der Waals surface area contributed by atoms with Gasteiger partial charge >= 0.3 is 0 Å². The molecule has 1 atom stereocenters. The zero-order chi connectivity index (χ0) is 22.3. The summed E-state index contributed by atoms with van der Waals surface area (Å²) in [6, 6.07) is 30.8. The number of amides is 1. The minimum absolute atomic E-state index is 0.0586. The van der Waals surface area contributed by atoms with Gasteiger partial charge in [-0.1, -0.05) is 54.6 Å². The maximum Gasteiger partial charge on any atom is 0.258 e. The highest BCUT2D eigenvalue weighted by Crippen LogP contribution is 2.43. The fourth-order valence-corrected chi connectivity index (χ4v) is 5.25. The molecule has 2 aliphatic heterocycles. The average Bonchev–Trinajstić information content (AvgIpc) is 3.29. The van der Waals surface area contributed by atoms with Crippen molar-refractivity contribution >= 4 is 17.3 Å². The lowest BCUT2D eigenvalue weighted by Crippen LogP contribution is -2.36. The van der Waals surface area contributed by atoms with Crippen LogP contribution in [-0.4, -0.2) is 17.4 Å². The molecule has 1 N–H and O–H groups in total. The van der Waals surface area contributed by atoms with Gasteiger partial charge in [-0.2, -0.15) is 0 Å². The normalized spacial score (nSPS) is 18.8. The molecule has 4 aromatic rings. The quantitative estimate of drug-likeness (QED) is 0.460. The molecule has 0 bridgehead atoms. The summed E-state index contributed by atoms with van der Waals surface area (Å²) in [5.41, 5.74) is 7.03. The number of aromatic nitrogens is 1. The van der Waals surface area contributed by atoms with E-state index in [1.807, 2.05) is 47.5 Å². The maximum absolute atomic E-state index is 13.4. The standard InChI is InChI=1S/C29H25N3O/c33-28(32-19-7-10-21-8-2-4-12-26(21)32)22-14-16-24(17-15-22)29(27-13-5-6-18-30-27)20-23-9-1-3-11-25(23)31-29/h1-6,8-9,11-18,31H,7,10,19-20H2. The number of rotatable bonds is 3. The van der Waals surface area contributed by atoms with Crippen LogP contribution in [0.5, 0.6) is 0 Å². The summed E-state index contributed by atoms with van der Waals surface area (Å²) in [5, 5.41) is 3.75. The first kappa shape index (κ1) is 19.7. The first-order valence-electron chi connectivity index (χ1n) is 11.5. The number of para-hydroxylation sites is 2. The summed E-state index contributed by atoms with van der Waals surface area (Å²) < 4.78 is 0. The zero-order valence-electron chi connectivity index (χ0n) is 18.4. The van der Waals surface area contributed by atoms with Crippen molar-refractivity contribution in [3.05, 3.63) is 125 Å². The summed E-state index contributed by atoms with van der Waals surface area (Å²) >= 11 is 0. The van der Waals surface area contributed by atoms with E-state index in [0.717, 1.165) is 48.4 Å². The SMILES string of the molecule is O=C(c1ccc(C2(c3ccccn3)Cc3ccccc3N2)cc1)N1CCCc2ccccc21. The Kier molecular flexibility index (Phi) is 4.72. The number of pyridine rings is 1. The van der Waals surface area contributed by atoms with Gasteiger partial charge in [-0.15, -0.1) is 0 Å². The summed E-state index contributed by atoms with van der Waals surface area (Å²) in [6.45, 7) is 0.756. The van der Waals surface area contributed by atoms with E-state index in [1.54, 1.807) is 0 Å². The second-order valence-corrected chi connectivity index (χ2v) is 8.85. The third-order valence-electron chi connectivity index (χ3n) is 6.90. The first-order valence-corrected chi connectivity index (χ1v) is 11.5. The number of carbonyl (C=O) groups excluding carboxylic acids is 1. The molecule has 3 aromatic carbocycles. The molecule has 4 nitrogen and oxygen atoms in total. The molecule has 0 spiro atoms. The third-order valence-corrected chi connectivity index (χ3v) is 6.90. The van der Waals surface area contributed by atoms with E-state index in [0.29, 0.717) is 5.56 Å². The highest BCUT2D eigenvalue weighted by atomic mass is 16.2. The number of fused-ring (bicyclic) bond motifs is 2. The summed E-state index contributed by atoms with van der Waals surface area (Å²) in [6.07, 6.45) is 4.67. The summed E-state index contributed by atoms with van der Waals surface area (Å²) in [7, 11) is 0. The molecule has 0 fully saturated rings. The highest BCUT2D eigenvalue weighted by molar-refractivity contribution is 6.06. The van der Waals surface area contributed by atoms with Crippen LogP contribution in [0.3, 0.4) is 0 Å². The molecule has 0 aliphatic carbocycles. The lowest BCUT2D eigenvalue weighted by molar-refractivity contribution is 0.0985. The van der Waals surface area contributed by atoms with Crippen LogP contribution in [0.4, 0.5) is 11.4 Å². The molecule has 2 aliphatic rings. The summed E-state index contributed by atoms with van der Waals surface area (Å²) in [4.78, 5) is 20.1. The van der Waals surface area contributed by atoms with E-state index >= 15 is 0 Å². The molecule has 6 rings (SSSR count). The predicted octanol–water partition coefficient (Wildman–Crippen LogP) is 5.59. The fraction of sp³-hybridized carbons (Fsp3) is 0.172. The first-order chi connectivity index (χ1) is 16.2. The van der Waals surface area contributed by atoms with Crippen molar-refractivity contribution in [3.8, 4) is 0 Å². The number of nitrogens with one attached hydrogen (secondary N) is 1. The lowest BCUT2D eigenvalue weighted by Gasteiger charge is -2.31. The predicted molar refractivity (Wildman–Crippen MR) is 132 cm³/mol. The largest absolute Gasteiger partial charge is 0.370 e. The van der Waals surface area contributed by atoms with Crippen molar-refractivity contribution < 1.29 is 4.79 Å². The number of aryl methyl sites for hydroxylation is 1. The van der Waals surface area contributed by atoms with Gasteiger partial charge in [-0.3, -0.25) is 9.78 Å². The van der Waals surface area contributed by atoms with Crippen molar-refractivity contribution in [2.45, 2.75) is 24.8 Å². The zero-order valence-corrected chi connectivity index (χ0v) is 18.4. The number of nitrogens with zero attached hydrogens (tertiary/aromatic N) is 2. The van der Waals surface area contributed by atoms with Gasteiger partial charge in [0.05, 0.1) is 5.69 Å². The number of anilines is 2. The van der Waals surface area contributed by atoms with E-state index in [9.17, 15) is 4.79 Å². The third kappa shape index (κ3) is 3.30. The van der Waals surface area contributed by atoms with Gasteiger partial charge in [0.25, 0.3) is 5.91 Å². The molecular weight excluding hydrogens is 406 g/mol. The second kappa shape index (κ2) is 7.89. The smallest absolute Gasteiger partial charge is 0.258 e. The fourth-order valence-electron chi connectivity index (χ4n) is 5.25. The molecular formula is C29H25N3O. The molecule has 0 radical (unpaired) electrons.